The van der Waals surface area contributed by atoms with Crippen molar-refractivity contribution < 1.29 is 12.8 Å². The molecule has 0 aliphatic heterocycles. The monoisotopic (exact) mass is 310 g/mol. The molecular weight excluding hydrogens is 291 g/mol. The molecule has 0 bridgehead atoms. The molecule has 2 rings (SSSR count). The van der Waals surface area contributed by atoms with Crippen LogP contribution in [0.15, 0.2) is 23.1 Å². The van der Waals surface area contributed by atoms with Crippen LogP contribution in [0.5, 0.6) is 0 Å². The molecule has 0 radical (unpaired) electrons. The number of hydrogen-bond acceptors (Lipinski definition) is 3. The van der Waals surface area contributed by atoms with Crippen LogP contribution >= 0.6 is 0 Å². The average Bonchev–Trinajstić information content (AvgIpc) is 2.42. The Kier molecular flexibility index (Phi) is 4.64. The molecule has 0 heterocycles. The number of sulfonamides is 1. The van der Waals surface area contributed by atoms with Crippen LogP contribution in [-0.2, 0) is 10.0 Å². The molecule has 1 aromatic rings. The standard InChI is InChI=1S/C15H19FN2O2S/c1-10-3-6-15(11(2)7-10)18-21(19,20)13-4-5-14(16)12(8-13)9-17/h4-5,8,10-11,15,18H,3,6-7H2,1-2H3. The zero-order valence-electron chi connectivity index (χ0n) is 12.1. The van der Waals surface area contributed by atoms with Gasteiger partial charge in [0, 0.05) is 6.04 Å². The van der Waals surface area contributed by atoms with E-state index in [1.807, 2.05) is 6.92 Å². The van der Waals surface area contributed by atoms with Crippen LogP contribution in [0.1, 0.15) is 38.7 Å². The van der Waals surface area contributed by atoms with E-state index in [0.717, 1.165) is 31.4 Å². The Labute approximate surface area is 125 Å². The Balaban J connectivity index is 2.21. The molecule has 4 nitrogen and oxygen atoms in total. The van der Waals surface area contributed by atoms with Gasteiger partial charge in [0.05, 0.1) is 10.5 Å². The van der Waals surface area contributed by atoms with Crippen LogP contribution in [0, 0.1) is 29.0 Å². The highest BCUT2D eigenvalue weighted by Gasteiger charge is 2.29. The fourth-order valence-corrected chi connectivity index (χ4v) is 4.27. The number of benzene rings is 1. The maximum absolute atomic E-state index is 13.3. The largest absolute Gasteiger partial charge is 0.240 e. The summed E-state index contributed by atoms with van der Waals surface area (Å²) in [6.07, 6.45) is 2.78. The molecule has 0 aromatic heterocycles. The van der Waals surface area contributed by atoms with Gasteiger partial charge in [0.15, 0.2) is 0 Å². The van der Waals surface area contributed by atoms with E-state index in [4.69, 9.17) is 5.26 Å². The molecule has 6 heteroatoms. The summed E-state index contributed by atoms with van der Waals surface area (Å²) in [5.41, 5.74) is -0.261. The fourth-order valence-electron chi connectivity index (χ4n) is 2.87. The minimum Gasteiger partial charge on any atom is -0.208 e. The van der Waals surface area contributed by atoms with Crippen LogP contribution < -0.4 is 4.72 Å². The van der Waals surface area contributed by atoms with Gasteiger partial charge in [-0.2, -0.15) is 5.26 Å². The first-order chi connectivity index (χ1) is 9.83. The molecular formula is C15H19FN2O2S. The van der Waals surface area contributed by atoms with Gasteiger partial charge in [-0.25, -0.2) is 17.5 Å². The second-order valence-corrected chi connectivity index (χ2v) is 7.59. The highest BCUT2D eigenvalue weighted by molar-refractivity contribution is 7.89. The average molecular weight is 310 g/mol. The number of hydrogen-bond donors (Lipinski definition) is 1. The molecule has 21 heavy (non-hydrogen) atoms. The zero-order valence-corrected chi connectivity index (χ0v) is 13.0. The Morgan fingerprint density at radius 1 is 1.33 bits per heavy atom. The normalized spacial score (nSPS) is 26.3. The summed E-state index contributed by atoms with van der Waals surface area (Å²) < 4.78 is 40.7. The van der Waals surface area contributed by atoms with Crippen molar-refractivity contribution in [2.24, 2.45) is 11.8 Å². The molecule has 114 valence electrons. The topological polar surface area (TPSA) is 70.0 Å². The second kappa shape index (κ2) is 6.12. The predicted octanol–water partition coefficient (Wildman–Crippen LogP) is 2.80. The summed E-state index contributed by atoms with van der Waals surface area (Å²) in [6.45, 7) is 4.20. The lowest BCUT2D eigenvalue weighted by atomic mass is 9.80. The van der Waals surface area contributed by atoms with E-state index in [1.54, 1.807) is 6.07 Å². The van der Waals surface area contributed by atoms with Gasteiger partial charge in [-0.1, -0.05) is 13.8 Å². The second-order valence-electron chi connectivity index (χ2n) is 5.88. The summed E-state index contributed by atoms with van der Waals surface area (Å²) in [6, 6.07) is 4.83. The van der Waals surface area contributed by atoms with Crippen molar-refractivity contribution in [3.8, 4) is 6.07 Å². The Morgan fingerprint density at radius 2 is 2.05 bits per heavy atom. The van der Waals surface area contributed by atoms with E-state index in [1.165, 1.54) is 6.07 Å². The van der Waals surface area contributed by atoms with Gasteiger partial charge >= 0.3 is 0 Å². The van der Waals surface area contributed by atoms with Crippen molar-refractivity contribution in [1.82, 2.24) is 4.72 Å². The summed E-state index contributed by atoms with van der Waals surface area (Å²) in [4.78, 5) is -0.0636. The molecule has 3 atom stereocenters. The van der Waals surface area contributed by atoms with Gasteiger partial charge in [0.25, 0.3) is 0 Å². The van der Waals surface area contributed by atoms with Gasteiger partial charge in [0.2, 0.25) is 10.0 Å². The number of nitrogens with one attached hydrogen (secondary N) is 1. The third kappa shape index (κ3) is 3.60. The molecule has 0 amide bonds. The minimum atomic E-state index is -3.73. The molecule has 1 aliphatic rings. The summed E-state index contributed by atoms with van der Waals surface area (Å²) >= 11 is 0. The lowest BCUT2D eigenvalue weighted by molar-refractivity contribution is 0.249. The first kappa shape index (κ1) is 15.9. The maximum Gasteiger partial charge on any atom is 0.240 e. The van der Waals surface area contributed by atoms with Crippen molar-refractivity contribution in [3.05, 3.63) is 29.6 Å². The van der Waals surface area contributed by atoms with E-state index in [2.05, 4.69) is 11.6 Å². The molecule has 1 aromatic carbocycles. The Hall–Kier alpha value is -1.45. The first-order valence-corrected chi connectivity index (χ1v) is 8.54. The quantitative estimate of drug-likeness (QED) is 0.933. The van der Waals surface area contributed by atoms with Crippen molar-refractivity contribution in [3.63, 3.8) is 0 Å². The number of nitrogens with zero attached hydrogens (tertiary/aromatic N) is 1. The summed E-state index contributed by atoms with van der Waals surface area (Å²) in [5.74, 6) is 0.160. The maximum atomic E-state index is 13.3. The molecule has 3 unspecified atom stereocenters. The van der Waals surface area contributed by atoms with E-state index in [0.29, 0.717) is 5.92 Å². The molecule has 0 saturated heterocycles. The van der Waals surface area contributed by atoms with Crippen molar-refractivity contribution in [2.75, 3.05) is 0 Å². The number of rotatable bonds is 3. The van der Waals surface area contributed by atoms with E-state index in [9.17, 15) is 12.8 Å². The SMILES string of the molecule is CC1CCC(NS(=O)(=O)c2ccc(F)c(C#N)c2)C(C)C1. The third-order valence-corrected chi connectivity index (χ3v) is 5.59. The molecule has 1 N–H and O–H groups in total. The highest BCUT2D eigenvalue weighted by Crippen LogP contribution is 2.29. The fraction of sp³-hybridized carbons (Fsp3) is 0.533. The molecule has 0 spiro atoms. The van der Waals surface area contributed by atoms with Crippen LogP contribution in [-0.4, -0.2) is 14.5 Å². The Morgan fingerprint density at radius 3 is 2.67 bits per heavy atom. The third-order valence-electron chi connectivity index (χ3n) is 4.11. The smallest absolute Gasteiger partial charge is 0.208 e. The minimum absolute atomic E-state index is 0.0636. The highest BCUT2D eigenvalue weighted by atomic mass is 32.2. The van der Waals surface area contributed by atoms with Gasteiger partial charge in [0.1, 0.15) is 11.9 Å². The van der Waals surface area contributed by atoms with Gasteiger partial charge in [-0.3, -0.25) is 0 Å². The van der Waals surface area contributed by atoms with Crippen LogP contribution in [0.4, 0.5) is 4.39 Å². The number of halogens is 1. The molecule has 1 aliphatic carbocycles. The lowest BCUT2D eigenvalue weighted by Crippen LogP contribution is -2.42. The van der Waals surface area contributed by atoms with Crippen LogP contribution in [0.25, 0.3) is 0 Å². The van der Waals surface area contributed by atoms with Gasteiger partial charge < -0.3 is 0 Å². The molecule has 1 fully saturated rings. The van der Waals surface area contributed by atoms with E-state index >= 15 is 0 Å². The zero-order chi connectivity index (χ0) is 15.6. The van der Waals surface area contributed by atoms with Gasteiger partial charge in [-0.05, 0) is 49.3 Å². The predicted molar refractivity (Wildman–Crippen MR) is 77.4 cm³/mol. The number of nitriles is 1. The van der Waals surface area contributed by atoms with Crippen LogP contribution in [0.2, 0.25) is 0 Å². The lowest BCUT2D eigenvalue weighted by Gasteiger charge is -2.32. The van der Waals surface area contributed by atoms with Crippen LogP contribution in [0.3, 0.4) is 0 Å². The van der Waals surface area contributed by atoms with Crippen molar-refractivity contribution >= 4 is 10.0 Å². The van der Waals surface area contributed by atoms with E-state index < -0.39 is 15.8 Å². The Bertz CT molecular complexity index is 667. The molecule has 1 saturated carbocycles. The van der Waals surface area contributed by atoms with Gasteiger partial charge in [-0.15, -0.1) is 0 Å². The summed E-state index contributed by atoms with van der Waals surface area (Å²) in [7, 11) is -3.73. The summed E-state index contributed by atoms with van der Waals surface area (Å²) in [5, 5.41) is 8.80. The first-order valence-electron chi connectivity index (χ1n) is 7.05. The van der Waals surface area contributed by atoms with E-state index in [-0.39, 0.29) is 22.4 Å². The van der Waals surface area contributed by atoms with Crippen molar-refractivity contribution in [1.29, 1.82) is 5.26 Å². The van der Waals surface area contributed by atoms with Crippen molar-refractivity contribution in [2.45, 2.75) is 44.0 Å².